The SMILES string of the molecule is O=C1C=C(n2cc(/C=C/c3ccccc3)cn2)S(=O)N1. The van der Waals surface area contributed by atoms with Crippen molar-refractivity contribution in [3.8, 4) is 0 Å². The van der Waals surface area contributed by atoms with Gasteiger partial charge in [0, 0.05) is 17.8 Å². The molecule has 0 radical (unpaired) electrons. The summed E-state index contributed by atoms with van der Waals surface area (Å²) in [5, 5.41) is 4.45. The summed E-state index contributed by atoms with van der Waals surface area (Å²) in [6, 6.07) is 9.89. The summed E-state index contributed by atoms with van der Waals surface area (Å²) in [5.41, 5.74) is 1.95. The zero-order valence-corrected chi connectivity index (χ0v) is 11.2. The fraction of sp³-hybridized carbons (Fsp3) is 0. The first kappa shape index (κ1) is 12.6. The highest BCUT2D eigenvalue weighted by Gasteiger charge is 2.21. The molecule has 1 aromatic heterocycles. The van der Waals surface area contributed by atoms with Crippen LogP contribution >= 0.6 is 0 Å². The first-order valence-electron chi connectivity index (χ1n) is 5.95. The number of rotatable bonds is 3. The van der Waals surface area contributed by atoms with Gasteiger partial charge in [-0.1, -0.05) is 42.5 Å². The van der Waals surface area contributed by atoms with E-state index in [0.29, 0.717) is 5.03 Å². The number of hydrogen-bond donors (Lipinski definition) is 1. The Balaban J connectivity index is 1.81. The van der Waals surface area contributed by atoms with Crippen molar-refractivity contribution in [2.24, 2.45) is 0 Å². The number of carbonyl (C=O) groups excluding carboxylic acids is 1. The molecule has 2 heterocycles. The Kier molecular flexibility index (Phi) is 3.30. The molecule has 6 heteroatoms. The molecule has 1 amide bonds. The lowest BCUT2D eigenvalue weighted by Gasteiger charge is -1.98. The summed E-state index contributed by atoms with van der Waals surface area (Å²) in [7, 11) is -1.53. The Hall–Kier alpha value is -2.47. The zero-order chi connectivity index (χ0) is 13.9. The molecule has 1 aliphatic rings. The van der Waals surface area contributed by atoms with Crippen molar-refractivity contribution in [2.75, 3.05) is 0 Å². The third-order valence-electron chi connectivity index (χ3n) is 2.73. The van der Waals surface area contributed by atoms with Crippen LogP contribution in [0.4, 0.5) is 0 Å². The van der Waals surface area contributed by atoms with Gasteiger partial charge in [-0.3, -0.25) is 9.52 Å². The molecule has 0 saturated carbocycles. The van der Waals surface area contributed by atoms with Gasteiger partial charge in [-0.05, 0) is 5.56 Å². The molecule has 0 saturated heterocycles. The third-order valence-corrected chi connectivity index (χ3v) is 3.81. The minimum atomic E-state index is -1.53. The van der Waals surface area contributed by atoms with Crippen LogP contribution in [0.3, 0.4) is 0 Å². The molecular weight excluding hydrogens is 274 g/mol. The number of aromatic nitrogens is 2. The van der Waals surface area contributed by atoms with Crippen LogP contribution in [0.15, 0.2) is 48.8 Å². The van der Waals surface area contributed by atoms with Crippen LogP contribution in [0.5, 0.6) is 0 Å². The second-order valence-electron chi connectivity index (χ2n) is 4.18. The number of nitrogens with one attached hydrogen (secondary N) is 1. The number of benzene rings is 1. The minimum absolute atomic E-state index is 0.342. The zero-order valence-electron chi connectivity index (χ0n) is 10.4. The van der Waals surface area contributed by atoms with Crippen LogP contribution in [0, 0.1) is 0 Å². The van der Waals surface area contributed by atoms with E-state index in [9.17, 15) is 9.00 Å². The highest BCUT2D eigenvalue weighted by molar-refractivity contribution is 7.93. The van der Waals surface area contributed by atoms with Gasteiger partial charge in [0.2, 0.25) is 0 Å². The van der Waals surface area contributed by atoms with Gasteiger partial charge in [0.1, 0.15) is 0 Å². The van der Waals surface area contributed by atoms with E-state index in [1.54, 1.807) is 12.4 Å². The molecule has 3 rings (SSSR count). The molecule has 1 unspecified atom stereocenters. The van der Waals surface area contributed by atoms with Gasteiger partial charge in [-0.15, -0.1) is 0 Å². The predicted molar refractivity (Wildman–Crippen MR) is 78.2 cm³/mol. The summed E-state index contributed by atoms with van der Waals surface area (Å²) in [6.45, 7) is 0. The van der Waals surface area contributed by atoms with Crippen molar-refractivity contribution < 1.29 is 9.00 Å². The molecule has 1 N–H and O–H groups in total. The van der Waals surface area contributed by atoms with Crippen molar-refractivity contribution in [1.82, 2.24) is 14.5 Å². The van der Waals surface area contributed by atoms with Gasteiger partial charge in [0.15, 0.2) is 16.0 Å². The molecule has 100 valence electrons. The minimum Gasteiger partial charge on any atom is -0.269 e. The van der Waals surface area contributed by atoms with Crippen molar-refractivity contribution in [2.45, 2.75) is 0 Å². The van der Waals surface area contributed by atoms with E-state index in [4.69, 9.17) is 0 Å². The quantitative estimate of drug-likeness (QED) is 0.932. The van der Waals surface area contributed by atoms with E-state index in [-0.39, 0.29) is 5.91 Å². The molecule has 0 bridgehead atoms. The topological polar surface area (TPSA) is 64.0 Å². The largest absolute Gasteiger partial charge is 0.269 e. The summed E-state index contributed by atoms with van der Waals surface area (Å²) in [5.74, 6) is -0.366. The third kappa shape index (κ3) is 2.60. The van der Waals surface area contributed by atoms with Gasteiger partial charge >= 0.3 is 0 Å². The highest BCUT2D eigenvalue weighted by atomic mass is 32.2. The lowest BCUT2D eigenvalue weighted by molar-refractivity contribution is -0.114. The normalized spacial score (nSPS) is 18.3. The second kappa shape index (κ2) is 5.26. The summed E-state index contributed by atoms with van der Waals surface area (Å²) < 4.78 is 15.3. The van der Waals surface area contributed by atoms with Gasteiger partial charge in [0.05, 0.1) is 6.20 Å². The van der Waals surface area contributed by atoms with E-state index < -0.39 is 11.0 Å². The van der Waals surface area contributed by atoms with Crippen LogP contribution < -0.4 is 4.72 Å². The van der Waals surface area contributed by atoms with Crippen molar-refractivity contribution in [1.29, 1.82) is 0 Å². The van der Waals surface area contributed by atoms with Crippen LogP contribution in [-0.2, 0) is 15.8 Å². The smallest absolute Gasteiger partial charge is 0.258 e. The molecule has 0 fully saturated rings. The summed E-state index contributed by atoms with van der Waals surface area (Å²) in [4.78, 5) is 11.1. The van der Waals surface area contributed by atoms with E-state index in [2.05, 4.69) is 9.82 Å². The van der Waals surface area contributed by atoms with Gasteiger partial charge in [-0.25, -0.2) is 8.89 Å². The fourth-order valence-electron chi connectivity index (χ4n) is 1.79. The van der Waals surface area contributed by atoms with E-state index in [1.807, 2.05) is 42.5 Å². The number of amides is 1. The first-order chi connectivity index (χ1) is 9.72. The monoisotopic (exact) mass is 285 g/mol. The van der Waals surface area contributed by atoms with Crippen LogP contribution in [0.2, 0.25) is 0 Å². The van der Waals surface area contributed by atoms with E-state index in [1.165, 1.54) is 10.8 Å². The van der Waals surface area contributed by atoms with E-state index in [0.717, 1.165) is 11.1 Å². The van der Waals surface area contributed by atoms with Gasteiger partial charge in [-0.2, -0.15) is 5.10 Å². The first-order valence-corrected chi connectivity index (χ1v) is 7.09. The molecule has 5 nitrogen and oxygen atoms in total. The van der Waals surface area contributed by atoms with E-state index >= 15 is 0 Å². The number of carbonyl (C=O) groups is 1. The van der Waals surface area contributed by atoms with Crippen LogP contribution in [0.1, 0.15) is 11.1 Å². The average molecular weight is 285 g/mol. The molecule has 2 aromatic rings. The average Bonchev–Trinajstić information content (AvgIpc) is 3.04. The van der Waals surface area contributed by atoms with Crippen molar-refractivity contribution in [3.63, 3.8) is 0 Å². The maximum absolute atomic E-state index is 11.6. The molecule has 1 atom stereocenters. The van der Waals surface area contributed by atoms with Crippen molar-refractivity contribution >= 4 is 34.1 Å². The standard InChI is InChI=1S/C14H11N3O2S/c18-13-8-14(20(19)16-13)17-10-12(9-15-17)7-6-11-4-2-1-3-5-11/h1-10H,(H,16,18)/b7-6+. The molecule has 20 heavy (non-hydrogen) atoms. The highest BCUT2D eigenvalue weighted by Crippen LogP contribution is 2.15. The second-order valence-corrected chi connectivity index (χ2v) is 5.34. The van der Waals surface area contributed by atoms with Gasteiger partial charge in [0.25, 0.3) is 5.91 Å². The van der Waals surface area contributed by atoms with Crippen LogP contribution in [0.25, 0.3) is 17.2 Å². The molecule has 0 spiro atoms. The molecule has 0 aliphatic carbocycles. The lowest BCUT2D eigenvalue weighted by atomic mass is 10.2. The maximum atomic E-state index is 11.6. The molecule has 1 aromatic carbocycles. The predicted octanol–water partition coefficient (Wildman–Crippen LogP) is 1.65. The summed E-state index contributed by atoms with van der Waals surface area (Å²) >= 11 is 0. The van der Waals surface area contributed by atoms with Crippen molar-refractivity contribution in [3.05, 3.63) is 59.9 Å². The lowest BCUT2D eigenvalue weighted by Crippen LogP contribution is -2.17. The summed E-state index contributed by atoms with van der Waals surface area (Å²) in [6.07, 6.45) is 8.54. The number of hydrogen-bond acceptors (Lipinski definition) is 3. The maximum Gasteiger partial charge on any atom is 0.258 e. The Labute approximate surface area is 118 Å². The van der Waals surface area contributed by atoms with Crippen LogP contribution in [-0.4, -0.2) is 19.9 Å². The van der Waals surface area contributed by atoms with Gasteiger partial charge < -0.3 is 0 Å². The fourth-order valence-corrected chi connectivity index (χ4v) is 2.62. The Morgan fingerprint density at radius 2 is 1.90 bits per heavy atom. The Morgan fingerprint density at radius 1 is 1.15 bits per heavy atom. The molecular formula is C14H11N3O2S. The Morgan fingerprint density at radius 3 is 2.60 bits per heavy atom. The molecule has 1 aliphatic heterocycles. The Bertz CT molecular complexity index is 732. The number of nitrogens with zero attached hydrogens (tertiary/aromatic N) is 2.